The highest BCUT2D eigenvalue weighted by atomic mass is 16.5. The van der Waals surface area contributed by atoms with Gasteiger partial charge in [0.15, 0.2) is 0 Å². The third-order valence-corrected chi connectivity index (χ3v) is 4.59. The number of nitrogens with zero attached hydrogens (tertiary/aromatic N) is 3. The van der Waals surface area contributed by atoms with E-state index in [0.29, 0.717) is 23.7 Å². The highest BCUT2D eigenvalue weighted by molar-refractivity contribution is 5.89. The van der Waals surface area contributed by atoms with Crippen LogP contribution in [0.4, 0.5) is 4.79 Å². The van der Waals surface area contributed by atoms with E-state index < -0.39 is 6.09 Å². The van der Waals surface area contributed by atoms with Crippen molar-refractivity contribution < 1.29 is 19.7 Å². The number of carboxylic acid groups (broad SMARTS) is 1. The van der Waals surface area contributed by atoms with Crippen LogP contribution in [0.15, 0.2) is 42.9 Å². The van der Waals surface area contributed by atoms with Gasteiger partial charge in [-0.1, -0.05) is 0 Å². The normalized spacial score (nSPS) is 15.1. The number of carbonyl (C=O) groups is 1. The van der Waals surface area contributed by atoms with Crippen LogP contribution in [-0.2, 0) is 6.54 Å². The Morgan fingerprint density at radius 1 is 1.27 bits per heavy atom. The first-order chi connectivity index (χ1) is 12.6. The van der Waals surface area contributed by atoms with Crippen LogP contribution in [-0.4, -0.2) is 43.0 Å². The predicted octanol–water partition coefficient (Wildman–Crippen LogP) is 2.36. The molecule has 0 atom stereocenters. The Hall–Kier alpha value is -2.97. The Morgan fingerprint density at radius 3 is 2.85 bits per heavy atom. The van der Waals surface area contributed by atoms with Crippen molar-refractivity contribution in [2.45, 2.75) is 24.9 Å². The van der Waals surface area contributed by atoms with E-state index in [4.69, 9.17) is 9.84 Å². The molecule has 2 aromatic heterocycles. The number of nitrogens with one attached hydrogen (secondary N) is 1. The molecule has 8 heteroatoms. The summed E-state index contributed by atoms with van der Waals surface area (Å²) in [6.45, 7) is 0.650. The molecule has 2 heterocycles. The fourth-order valence-electron chi connectivity index (χ4n) is 2.82. The van der Waals surface area contributed by atoms with Gasteiger partial charge in [-0.05, 0) is 37.1 Å². The molecule has 0 unspecified atom stereocenters. The average Bonchev–Trinajstić information content (AvgIpc) is 3.30. The van der Waals surface area contributed by atoms with Crippen LogP contribution in [0.2, 0.25) is 0 Å². The van der Waals surface area contributed by atoms with Crippen LogP contribution in [0.1, 0.15) is 18.5 Å². The lowest BCUT2D eigenvalue weighted by Gasteiger charge is -2.13. The molecule has 0 bridgehead atoms. The Balaban J connectivity index is 1.49. The van der Waals surface area contributed by atoms with Crippen LogP contribution in [0.25, 0.3) is 10.9 Å². The lowest BCUT2D eigenvalue weighted by Crippen LogP contribution is -2.34. The lowest BCUT2D eigenvalue weighted by atomic mass is 10.2. The average molecular weight is 354 g/mol. The van der Waals surface area contributed by atoms with E-state index in [-0.39, 0.29) is 12.1 Å². The largest absolute Gasteiger partial charge is 0.464 e. The fraction of sp³-hybridized carbons (Fsp3) is 0.278. The van der Waals surface area contributed by atoms with Crippen LogP contribution < -0.4 is 10.1 Å². The first-order valence-electron chi connectivity index (χ1n) is 8.28. The summed E-state index contributed by atoms with van der Waals surface area (Å²) in [6, 6.07) is 8.62. The van der Waals surface area contributed by atoms with Crippen LogP contribution >= 0.6 is 0 Å². The molecule has 0 aliphatic heterocycles. The molecule has 3 N–H and O–H groups in total. The van der Waals surface area contributed by atoms with Gasteiger partial charge in [0.1, 0.15) is 12.1 Å². The van der Waals surface area contributed by atoms with Gasteiger partial charge in [-0.15, -0.1) is 0 Å². The van der Waals surface area contributed by atoms with Gasteiger partial charge in [-0.25, -0.2) is 14.8 Å². The van der Waals surface area contributed by atoms with E-state index in [1.807, 2.05) is 0 Å². The number of fused-ring (bicyclic) bond motifs is 1. The monoisotopic (exact) mass is 354 g/mol. The summed E-state index contributed by atoms with van der Waals surface area (Å²) >= 11 is 0. The molecule has 26 heavy (non-hydrogen) atoms. The van der Waals surface area contributed by atoms with Gasteiger partial charge in [0, 0.05) is 29.7 Å². The second-order valence-electron chi connectivity index (χ2n) is 6.43. The Bertz CT molecular complexity index is 965. The minimum absolute atomic E-state index is 0.122. The van der Waals surface area contributed by atoms with Crippen LogP contribution in [0, 0.1) is 0 Å². The number of hydrogen-bond donors (Lipinski definition) is 3. The van der Waals surface area contributed by atoms with Gasteiger partial charge >= 0.3 is 6.09 Å². The summed E-state index contributed by atoms with van der Waals surface area (Å²) in [5.74, 6) is 0.968. The molecule has 134 valence electrons. The third-order valence-electron chi connectivity index (χ3n) is 4.59. The first kappa shape index (κ1) is 16.5. The summed E-state index contributed by atoms with van der Waals surface area (Å²) in [6.07, 6.45) is 3.84. The van der Waals surface area contributed by atoms with Gasteiger partial charge in [0.05, 0.1) is 17.8 Å². The second-order valence-corrected chi connectivity index (χ2v) is 6.43. The molecule has 1 aliphatic carbocycles. The van der Waals surface area contributed by atoms with Crippen molar-refractivity contribution in [3.8, 4) is 11.6 Å². The predicted molar refractivity (Wildman–Crippen MR) is 93.4 cm³/mol. The van der Waals surface area contributed by atoms with Crippen molar-refractivity contribution in [1.29, 1.82) is 0 Å². The van der Waals surface area contributed by atoms with Crippen molar-refractivity contribution in [2.75, 3.05) is 6.61 Å². The summed E-state index contributed by atoms with van der Waals surface area (Å²) < 4.78 is 6.94. The number of rotatable bonds is 6. The fourth-order valence-corrected chi connectivity index (χ4v) is 2.82. The summed E-state index contributed by atoms with van der Waals surface area (Å²) in [5, 5.41) is 22.6. The molecule has 0 saturated heterocycles. The molecule has 0 spiro atoms. The zero-order valence-electron chi connectivity index (χ0n) is 13.9. The molecule has 4 rings (SSSR count). The van der Waals surface area contributed by atoms with E-state index in [0.717, 1.165) is 28.5 Å². The molecule has 1 aliphatic rings. The molecule has 1 aromatic carbocycles. The SMILES string of the molecule is O=C(O)n1ccc2cc(Oc3cc(CNC4(CO)CC4)ncn3)ccc21. The minimum atomic E-state index is -1.03. The quantitative estimate of drug-likeness (QED) is 0.623. The van der Waals surface area contributed by atoms with E-state index in [9.17, 15) is 9.90 Å². The zero-order chi connectivity index (χ0) is 18.1. The van der Waals surface area contributed by atoms with E-state index in [1.54, 1.807) is 30.3 Å². The number of ether oxygens (including phenoxy) is 1. The van der Waals surface area contributed by atoms with E-state index in [1.165, 1.54) is 12.5 Å². The minimum Gasteiger partial charge on any atom is -0.464 e. The third kappa shape index (κ3) is 3.24. The second kappa shape index (κ2) is 6.40. The van der Waals surface area contributed by atoms with Crippen molar-refractivity contribution in [3.63, 3.8) is 0 Å². The standard InChI is InChI=1S/C18H18N4O4/c23-10-18(4-5-18)21-9-13-8-16(20-11-19-13)26-14-1-2-15-12(7-14)3-6-22(15)17(24)25/h1-3,6-8,11,21,23H,4-5,9-10H2,(H,24,25). The van der Waals surface area contributed by atoms with E-state index >= 15 is 0 Å². The first-order valence-corrected chi connectivity index (χ1v) is 8.28. The molecule has 1 fully saturated rings. The molecule has 0 amide bonds. The molecular weight excluding hydrogens is 336 g/mol. The van der Waals surface area contributed by atoms with Crippen LogP contribution in [0.3, 0.4) is 0 Å². The number of aliphatic hydroxyl groups is 1. The lowest BCUT2D eigenvalue weighted by molar-refractivity contribution is 0.197. The van der Waals surface area contributed by atoms with Gasteiger partial charge in [0.25, 0.3) is 0 Å². The van der Waals surface area contributed by atoms with Crippen molar-refractivity contribution in [3.05, 3.63) is 48.5 Å². The highest BCUT2D eigenvalue weighted by Gasteiger charge is 2.41. The number of benzene rings is 1. The molecule has 0 radical (unpaired) electrons. The number of aromatic nitrogens is 3. The smallest absolute Gasteiger partial charge is 0.415 e. The topological polar surface area (TPSA) is 110 Å². The number of aliphatic hydroxyl groups excluding tert-OH is 1. The Kier molecular flexibility index (Phi) is 4.06. The van der Waals surface area contributed by atoms with Crippen molar-refractivity contribution in [1.82, 2.24) is 19.9 Å². The maximum absolute atomic E-state index is 11.1. The maximum atomic E-state index is 11.1. The van der Waals surface area contributed by atoms with Gasteiger partial charge in [-0.3, -0.25) is 4.57 Å². The summed E-state index contributed by atoms with van der Waals surface area (Å²) in [5.41, 5.74) is 1.21. The highest BCUT2D eigenvalue weighted by Crippen LogP contribution is 2.34. The molecule has 3 aromatic rings. The zero-order valence-corrected chi connectivity index (χ0v) is 13.9. The van der Waals surface area contributed by atoms with Gasteiger partial charge < -0.3 is 20.3 Å². The van der Waals surface area contributed by atoms with Gasteiger partial charge in [0.2, 0.25) is 5.88 Å². The van der Waals surface area contributed by atoms with Gasteiger partial charge in [-0.2, -0.15) is 0 Å². The number of hydrogen-bond acceptors (Lipinski definition) is 6. The summed E-state index contributed by atoms with van der Waals surface area (Å²) in [7, 11) is 0. The molecule has 1 saturated carbocycles. The van der Waals surface area contributed by atoms with Crippen molar-refractivity contribution >= 4 is 17.0 Å². The van der Waals surface area contributed by atoms with Crippen molar-refractivity contribution in [2.24, 2.45) is 0 Å². The summed E-state index contributed by atoms with van der Waals surface area (Å²) in [4.78, 5) is 19.5. The molecule has 8 nitrogen and oxygen atoms in total. The Labute approximate surface area is 149 Å². The maximum Gasteiger partial charge on any atom is 0.415 e. The van der Waals surface area contributed by atoms with E-state index in [2.05, 4.69) is 15.3 Å². The van der Waals surface area contributed by atoms with Crippen LogP contribution in [0.5, 0.6) is 11.6 Å². The Morgan fingerprint density at radius 2 is 2.12 bits per heavy atom. The molecular formula is C18H18N4O4.